The third kappa shape index (κ3) is 2.36. The van der Waals surface area contributed by atoms with Crippen molar-refractivity contribution in [3.8, 4) is 0 Å². The number of hydrogen-bond acceptors (Lipinski definition) is 4. The van der Waals surface area contributed by atoms with Crippen LogP contribution in [0, 0.1) is 0 Å². The van der Waals surface area contributed by atoms with Gasteiger partial charge in [0.25, 0.3) is 0 Å². The summed E-state index contributed by atoms with van der Waals surface area (Å²) >= 11 is 1.66. The highest BCUT2D eigenvalue weighted by atomic mass is 32.1. The summed E-state index contributed by atoms with van der Waals surface area (Å²) in [5.74, 6) is -1.14. The predicted octanol–water partition coefficient (Wildman–Crippen LogP) is 2.88. The standard InChI is InChI=1S/C13H20N2O2S/c1-4-8(2)15(3)13-14-11-9(12(16)17)6-5-7-10(11)18-13/h8-9H,4-7H2,1-3H3,(H,16,17). The van der Waals surface area contributed by atoms with Crippen molar-refractivity contribution < 1.29 is 9.90 Å². The zero-order valence-electron chi connectivity index (χ0n) is 11.1. The molecule has 1 heterocycles. The smallest absolute Gasteiger partial charge is 0.312 e. The van der Waals surface area contributed by atoms with Crippen molar-refractivity contribution in [2.24, 2.45) is 0 Å². The largest absolute Gasteiger partial charge is 0.481 e. The first-order chi connectivity index (χ1) is 8.54. The monoisotopic (exact) mass is 268 g/mol. The first-order valence-electron chi connectivity index (χ1n) is 6.49. The van der Waals surface area contributed by atoms with Gasteiger partial charge < -0.3 is 10.0 Å². The van der Waals surface area contributed by atoms with Gasteiger partial charge in [0, 0.05) is 18.0 Å². The first-order valence-corrected chi connectivity index (χ1v) is 7.31. The van der Waals surface area contributed by atoms with Crippen LogP contribution < -0.4 is 4.90 Å². The van der Waals surface area contributed by atoms with Crippen LogP contribution in [-0.2, 0) is 11.2 Å². The molecule has 1 aliphatic carbocycles. The van der Waals surface area contributed by atoms with E-state index in [1.54, 1.807) is 11.3 Å². The van der Waals surface area contributed by atoms with E-state index in [9.17, 15) is 9.90 Å². The topological polar surface area (TPSA) is 53.4 Å². The van der Waals surface area contributed by atoms with Gasteiger partial charge in [0.15, 0.2) is 5.13 Å². The Kier molecular flexibility index (Phi) is 3.90. The van der Waals surface area contributed by atoms with E-state index in [-0.39, 0.29) is 0 Å². The zero-order chi connectivity index (χ0) is 13.3. The number of fused-ring (bicyclic) bond motifs is 1. The molecular weight excluding hydrogens is 248 g/mol. The Morgan fingerprint density at radius 3 is 3.00 bits per heavy atom. The molecule has 1 aliphatic rings. The first kappa shape index (κ1) is 13.3. The van der Waals surface area contributed by atoms with E-state index >= 15 is 0 Å². The molecule has 18 heavy (non-hydrogen) atoms. The molecule has 1 aromatic rings. The second-order valence-corrected chi connectivity index (χ2v) is 6.02. The molecule has 0 saturated heterocycles. The fraction of sp³-hybridized carbons (Fsp3) is 0.692. The van der Waals surface area contributed by atoms with Gasteiger partial charge in [-0.15, -0.1) is 11.3 Å². The summed E-state index contributed by atoms with van der Waals surface area (Å²) in [6.45, 7) is 4.31. The van der Waals surface area contributed by atoms with Gasteiger partial charge in [-0.2, -0.15) is 0 Å². The Hall–Kier alpha value is -1.10. The number of aromatic nitrogens is 1. The number of carboxylic acid groups (broad SMARTS) is 1. The lowest BCUT2D eigenvalue weighted by Crippen LogP contribution is -2.27. The molecule has 0 aliphatic heterocycles. The van der Waals surface area contributed by atoms with Gasteiger partial charge in [0.05, 0.1) is 5.69 Å². The number of carbonyl (C=O) groups is 1. The maximum absolute atomic E-state index is 11.2. The lowest BCUT2D eigenvalue weighted by Gasteiger charge is -2.22. The average Bonchev–Trinajstić information content (AvgIpc) is 2.79. The number of carboxylic acids is 1. The van der Waals surface area contributed by atoms with Crippen molar-refractivity contribution in [3.05, 3.63) is 10.6 Å². The Labute approximate surface area is 112 Å². The molecule has 0 fully saturated rings. The van der Waals surface area contributed by atoms with Crippen molar-refractivity contribution in [1.82, 2.24) is 4.98 Å². The van der Waals surface area contributed by atoms with Gasteiger partial charge >= 0.3 is 5.97 Å². The van der Waals surface area contributed by atoms with Crippen LogP contribution in [0.5, 0.6) is 0 Å². The highest BCUT2D eigenvalue weighted by Crippen LogP contribution is 2.38. The summed E-state index contributed by atoms with van der Waals surface area (Å²) in [7, 11) is 2.04. The van der Waals surface area contributed by atoms with Gasteiger partial charge in [-0.25, -0.2) is 4.98 Å². The van der Waals surface area contributed by atoms with E-state index < -0.39 is 11.9 Å². The quantitative estimate of drug-likeness (QED) is 0.912. The van der Waals surface area contributed by atoms with Crippen molar-refractivity contribution in [2.75, 3.05) is 11.9 Å². The molecule has 1 aromatic heterocycles. The Balaban J connectivity index is 2.29. The zero-order valence-corrected chi connectivity index (χ0v) is 12.0. The Morgan fingerprint density at radius 2 is 2.39 bits per heavy atom. The fourth-order valence-electron chi connectivity index (χ4n) is 2.26. The second kappa shape index (κ2) is 5.26. The van der Waals surface area contributed by atoms with Crippen LogP contribution in [0.2, 0.25) is 0 Å². The lowest BCUT2D eigenvalue weighted by molar-refractivity contribution is -0.139. The van der Waals surface area contributed by atoms with Gasteiger partial charge in [-0.1, -0.05) is 6.92 Å². The van der Waals surface area contributed by atoms with Gasteiger partial charge in [0.1, 0.15) is 5.92 Å². The number of aliphatic carboxylic acids is 1. The average molecular weight is 268 g/mol. The molecule has 100 valence electrons. The molecule has 0 bridgehead atoms. The van der Waals surface area contributed by atoms with Crippen molar-refractivity contribution in [2.45, 2.75) is 51.5 Å². The number of anilines is 1. The number of aryl methyl sites for hydroxylation is 1. The van der Waals surface area contributed by atoms with Crippen LogP contribution in [0.4, 0.5) is 5.13 Å². The van der Waals surface area contributed by atoms with E-state index in [4.69, 9.17) is 0 Å². The summed E-state index contributed by atoms with van der Waals surface area (Å²) in [6.07, 6.45) is 3.71. The molecule has 0 spiro atoms. The second-order valence-electron chi connectivity index (χ2n) is 4.96. The Morgan fingerprint density at radius 1 is 1.67 bits per heavy atom. The summed E-state index contributed by atoms with van der Waals surface area (Å²) in [6, 6.07) is 0.431. The highest BCUT2D eigenvalue weighted by molar-refractivity contribution is 7.15. The minimum absolute atomic E-state index is 0.399. The third-order valence-electron chi connectivity index (χ3n) is 3.79. The SMILES string of the molecule is CCC(C)N(C)c1nc2c(s1)CCCC2C(=O)O. The molecule has 0 radical (unpaired) electrons. The normalized spacial score (nSPS) is 20.3. The summed E-state index contributed by atoms with van der Waals surface area (Å²) in [5, 5.41) is 10.2. The molecule has 1 N–H and O–H groups in total. The van der Waals surface area contributed by atoms with Crippen LogP contribution in [-0.4, -0.2) is 29.1 Å². The molecule has 2 atom stereocenters. The summed E-state index contributed by atoms with van der Waals surface area (Å²) in [5.41, 5.74) is 0.809. The van der Waals surface area contributed by atoms with Crippen LogP contribution in [0.3, 0.4) is 0 Å². The maximum Gasteiger partial charge on any atom is 0.312 e. The van der Waals surface area contributed by atoms with Crippen LogP contribution in [0.15, 0.2) is 0 Å². The van der Waals surface area contributed by atoms with Crippen LogP contribution in [0.1, 0.15) is 49.6 Å². The number of thiazole rings is 1. The van der Waals surface area contributed by atoms with Gasteiger partial charge in [0.2, 0.25) is 0 Å². The molecule has 0 saturated carbocycles. The van der Waals surface area contributed by atoms with E-state index in [0.717, 1.165) is 36.5 Å². The van der Waals surface area contributed by atoms with Gasteiger partial charge in [-0.3, -0.25) is 4.79 Å². The number of rotatable bonds is 4. The van der Waals surface area contributed by atoms with E-state index in [1.165, 1.54) is 4.88 Å². The van der Waals surface area contributed by atoms with Crippen molar-refractivity contribution in [1.29, 1.82) is 0 Å². The van der Waals surface area contributed by atoms with Crippen molar-refractivity contribution >= 4 is 22.4 Å². The van der Waals surface area contributed by atoms with E-state index in [2.05, 4.69) is 23.7 Å². The summed E-state index contributed by atoms with van der Waals surface area (Å²) < 4.78 is 0. The molecule has 5 heteroatoms. The Bertz CT molecular complexity index is 444. The minimum atomic E-state index is -0.737. The number of hydrogen-bond donors (Lipinski definition) is 1. The third-order valence-corrected chi connectivity index (χ3v) is 5.02. The molecule has 2 rings (SSSR count). The van der Waals surface area contributed by atoms with E-state index in [1.807, 2.05) is 7.05 Å². The molecule has 0 aromatic carbocycles. The number of nitrogens with zero attached hydrogens (tertiary/aromatic N) is 2. The van der Waals surface area contributed by atoms with Crippen LogP contribution in [0.25, 0.3) is 0 Å². The van der Waals surface area contributed by atoms with Crippen LogP contribution >= 0.6 is 11.3 Å². The molecule has 0 amide bonds. The van der Waals surface area contributed by atoms with Crippen molar-refractivity contribution in [3.63, 3.8) is 0 Å². The van der Waals surface area contributed by atoms with Gasteiger partial charge in [-0.05, 0) is 32.6 Å². The predicted molar refractivity (Wildman–Crippen MR) is 73.6 cm³/mol. The summed E-state index contributed by atoms with van der Waals surface area (Å²) in [4.78, 5) is 19.1. The molecular formula is C13H20N2O2S. The molecule has 4 nitrogen and oxygen atoms in total. The fourth-order valence-corrected chi connectivity index (χ4v) is 3.49. The molecule has 2 unspecified atom stereocenters. The lowest BCUT2D eigenvalue weighted by atomic mass is 9.91. The van der Waals surface area contributed by atoms with E-state index in [0.29, 0.717) is 6.04 Å². The minimum Gasteiger partial charge on any atom is -0.481 e. The highest BCUT2D eigenvalue weighted by Gasteiger charge is 2.30. The maximum atomic E-state index is 11.2.